The minimum Gasteiger partial charge on any atom is -0.349 e. The summed E-state index contributed by atoms with van der Waals surface area (Å²) >= 11 is 0. The second-order valence-electron chi connectivity index (χ2n) is 7.87. The van der Waals surface area contributed by atoms with Crippen LogP contribution in [0.25, 0.3) is 27.5 Å². The number of aromatic nitrogens is 2. The molecule has 1 amide bonds. The first kappa shape index (κ1) is 17.6. The normalized spacial score (nSPS) is 12.2. The average Bonchev–Trinajstić information content (AvgIpc) is 3.30. The molecule has 3 heterocycles. The van der Waals surface area contributed by atoms with Gasteiger partial charge in [0, 0.05) is 39.7 Å². The molecule has 0 saturated carbocycles. The molecule has 0 aliphatic carbocycles. The predicted molar refractivity (Wildman–Crippen MR) is 120 cm³/mol. The van der Waals surface area contributed by atoms with Crippen LogP contribution in [0.4, 0.5) is 5.69 Å². The second kappa shape index (κ2) is 6.37. The SMILES string of the molecule is Cc1ccc(NC(=O)c2ccc3[nH]c4c5[n+](ccc4c3c2)-c2ccccc2C5=O)cc1. The number of amides is 1. The Hall–Kier alpha value is -4.25. The number of nitrogens with one attached hydrogen (secondary N) is 2. The van der Waals surface area contributed by atoms with Crippen molar-refractivity contribution in [2.75, 3.05) is 5.32 Å². The highest BCUT2D eigenvalue weighted by molar-refractivity contribution is 6.21. The lowest BCUT2D eigenvalue weighted by Crippen LogP contribution is -2.31. The number of aromatic amines is 1. The summed E-state index contributed by atoms with van der Waals surface area (Å²) < 4.78 is 1.93. The number of ketones is 1. The summed E-state index contributed by atoms with van der Waals surface area (Å²) in [5.74, 6) is -0.163. The minimum atomic E-state index is -0.167. The van der Waals surface area contributed by atoms with Gasteiger partial charge in [-0.3, -0.25) is 9.59 Å². The van der Waals surface area contributed by atoms with Gasteiger partial charge in [0.2, 0.25) is 5.69 Å². The Kier molecular flexibility index (Phi) is 3.62. The molecule has 5 heteroatoms. The molecular weight excluding hydrogens is 386 g/mol. The standard InChI is InChI=1S/C26H17N3O2/c1-15-6-9-17(10-7-15)27-26(31)16-8-11-21-20(14-16)18-12-13-29-22-5-3-2-4-19(22)25(30)24(29)23(18)28-21/h2-14H,1H3,(H,27,31)/p+1. The molecule has 148 valence electrons. The molecular formula is C26H18N3O2+. The van der Waals surface area contributed by atoms with E-state index in [1.54, 1.807) is 6.07 Å². The Bertz CT molecular complexity index is 1550. The lowest BCUT2D eigenvalue weighted by atomic mass is 10.1. The molecule has 6 rings (SSSR count). The van der Waals surface area contributed by atoms with Crippen molar-refractivity contribution >= 4 is 39.2 Å². The maximum Gasteiger partial charge on any atom is 0.284 e. The third kappa shape index (κ3) is 2.60. The van der Waals surface area contributed by atoms with Gasteiger partial charge in [0.05, 0.1) is 0 Å². The van der Waals surface area contributed by atoms with Crippen LogP contribution in [0.5, 0.6) is 0 Å². The number of fused-ring (bicyclic) bond motifs is 7. The third-order valence-corrected chi connectivity index (χ3v) is 5.90. The highest BCUT2D eigenvalue weighted by atomic mass is 16.1. The Morgan fingerprint density at radius 3 is 2.58 bits per heavy atom. The second-order valence-corrected chi connectivity index (χ2v) is 7.87. The Balaban J connectivity index is 1.46. The van der Waals surface area contributed by atoms with Crippen LogP contribution in [0.1, 0.15) is 32.0 Å². The predicted octanol–water partition coefficient (Wildman–Crippen LogP) is 4.70. The molecule has 0 radical (unpaired) electrons. The van der Waals surface area contributed by atoms with Crippen LogP contribution in [0.15, 0.2) is 79.0 Å². The molecule has 31 heavy (non-hydrogen) atoms. The average molecular weight is 404 g/mol. The van der Waals surface area contributed by atoms with Crippen LogP contribution in [0.2, 0.25) is 0 Å². The van der Waals surface area contributed by atoms with E-state index in [1.165, 1.54) is 0 Å². The number of pyridine rings is 1. The molecule has 0 saturated heterocycles. The van der Waals surface area contributed by atoms with E-state index in [4.69, 9.17) is 0 Å². The van der Waals surface area contributed by atoms with Crippen LogP contribution in [0.3, 0.4) is 0 Å². The number of aryl methyl sites for hydroxylation is 1. The number of rotatable bonds is 2. The minimum absolute atomic E-state index is 0.00472. The quantitative estimate of drug-likeness (QED) is 0.411. The third-order valence-electron chi connectivity index (χ3n) is 5.90. The first-order chi connectivity index (χ1) is 15.1. The van der Waals surface area contributed by atoms with Crippen molar-refractivity contribution < 1.29 is 14.2 Å². The number of anilines is 1. The van der Waals surface area contributed by atoms with Gasteiger partial charge in [0.1, 0.15) is 11.1 Å². The van der Waals surface area contributed by atoms with Gasteiger partial charge in [-0.25, -0.2) is 0 Å². The fourth-order valence-electron chi connectivity index (χ4n) is 4.33. The van der Waals surface area contributed by atoms with Crippen LogP contribution in [-0.2, 0) is 0 Å². The summed E-state index contributed by atoms with van der Waals surface area (Å²) in [4.78, 5) is 29.3. The Morgan fingerprint density at radius 2 is 1.74 bits per heavy atom. The van der Waals surface area contributed by atoms with Crippen LogP contribution in [-0.4, -0.2) is 16.7 Å². The maximum atomic E-state index is 13.1. The molecule has 2 aromatic heterocycles. The van der Waals surface area contributed by atoms with E-state index in [9.17, 15) is 9.59 Å². The zero-order valence-corrected chi connectivity index (χ0v) is 16.8. The van der Waals surface area contributed by atoms with Gasteiger partial charge >= 0.3 is 0 Å². The van der Waals surface area contributed by atoms with E-state index in [1.807, 2.05) is 84.4 Å². The van der Waals surface area contributed by atoms with Crippen molar-refractivity contribution in [1.82, 2.24) is 4.98 Å². The molecule has 5 aromatic rings. The number of carbonyl (C=O) groups is 2. The van der Waals surface area contributed by atoms with Crippen molar-refractivity contribution in [1.29, 1.82) is 0 Å². The number of carbonyl (C=O) groups excluding carboxylic acids is 2. The molecule has 0 unspecified atom stereocenters. The number of nitrogens with zero attached hydrogens (tertiary/aromatic N) is 1. The molecule has 0 fully saturated rings. The summed E-state index contributed by atoms with van der Waals surface area (Å²) in [5.41, 5.74) is 6.35. The highest BCUT2D eigenvalue weighted by Gasteiger charge is 2.38. The van der Waals surface area contributed by atoms with Gasteiger partial charge in [-0.1, -0.05) is 29.8 Å². The van der Waals surface area contributed by atoms with Gasteiger partial charge < -0.3 is 10.3 Å². The lowest BCUT2D eigenvalue weighted by Gasteiger charge is -2.06. The number of hydrogen-bond acceptors (Lipinski definition) is 2. The van der Waals surface area contributed by atoms with E-state index in [0.29, 0.717) is 16.8 Å². The Labute approximate surface area is 178 Å². The molecule has 1 aliphatic rings. The molecule has 0 spiro atoms. The van der Waals surface area contributed by atoms with E-state index in [-0.39, 0.29) is 11.7 Å². The van der Waals surface area contributed by atoms with E-state index in [2.05, 4.69) is 10.3 Å². The van der Waals surface area contributed by atoms with Gasteiger partial charge in [-0.15, -0.1) is 0 Å². The van der Waals surface area contributed by atoms with Crippen LogP contribution in [0, 0.1) is 6.92 Å². The Morgan fingerprint density at radius 1 is 0.935 bits per heavy atom. The monoisotopic (exact) mass is 404 g/mol. The zero-order valence-electron chi connectivity index (χ0n) is 16.8. The van der Waals surface area contributed by atoms with E-state index >= 15 is 0 Å². The number of benzene rings is 3. The van der Waals surface area contributed by atoms with Gasteiger partial charge in [0.25, 0.3) is 17.4 Å². The first-order valence-electron chi connectivity index (χ1n) is 10.1. The molecule has 0 bridgehead atoms. The lowest BCUT2D eigenvalue weighted by molar-refractivity contribution is -0.592. The maximum absolute atomic E-state index is 13.1. The van der Waals surface area contributed by atoms with Gasteiger partial charge in [-0.2, -0.15) is 4.57 Å². The highest BCUT2D eigenvalue weighted by Crippen LogP contribution is 2.31. The number of para-hydroxylation sites is 1. The van der Waals surface area contributed by atoms with Crippen molar-refractivity contribution in [3.63, 3.8) is 0 Å². The van der Waals surface area contributed by atoms with Crippen molar-refractivity contribution in [3.8, 4) is 5.69 Å². The van der Waals surface area contributed by atoms with Crippen LogP contribution < -0.4 is 9.88 Å². The summed E-state index contributed by atoms with van der Waals surface area (Å²) in [6.45, 7) is 2.01. The number of hydrogen-bond donors (Lipinski definition) is 2. The molecule has 0 atom stereocenters. The van der Waals surface area contributed by atoms with Gasteiger partial charge in [-0.05, 0) is 43.3 Å². The van der Waals surface area contributed by atoms with E-state index < -0.39 is 0 Å². The molecule has 1 aliphatic heterocycles. The van der Waals surface area contributed by atoms with Gasteiger partial charge in [0.15, 0.2) is 6.20 Å². The van der Waals surface area contributed by atoms with Crippen molar-refractivity contribution in [2.24, 2.45) is 0 Å². The smallest absolute Gasteiger partial charge is 0.284 e. The summed E-state index contributed by atoms with van der Waals surface area (Å²) in [6.07, 6.45) is 1.92. The number of H-pyrrole nitrogens is 1. The molecule has 2 N–H and O–H groups in total. The van der Waals surface area contributed by atoms with Crippen LogP contribution >= 0.6 is 0 Å². The van der Waals surface area contributed by atoms with Crippen molar-refractivity contribution in [3.05, 3.63) is 101 Å². The largest absolute Gasteiger partial charge is 0.349 e. The molecule has 3 aromatic carbocycles. The summed E-state index contributed by atoms with van der Waals surface area (Å²) in [5, 5.41) is 4.78. The fourth-order valence-corrected chi connectivity index (χ4v) is 4.33. The topological polar surface area (TPSA) is 65.8 Å². The fraction of sp³-hybridized carbons (Fsp3) is 0.0385. The molecule has 5 nitrogen and oxygen atoms in total. The van der Waals surface area contributed by atoms with E-state index in [0.717, 1.165) is 38.7 Å². The summed E-state index contributed by atoms with van der Waals surface area (Å²) in [6, 6.07) is 22.9. The first-order valence-corrected chi connectivity index (χ1v) is 10.1. The van der Waals surface area contributed by atoms with Crippen molar-refractivity contribution in [2.45, 2.75) is 6.92 Å². The summed E-state index contributed by atoms with van der Waals surface area (Å²) in [7, 11) is 0. The zero-order chi connectivity index (χ0) is 21.1.